The number of halogens is 6. The van der Waals surface area contributed by atoms with Crippen LogP contribution in [-0.4, -0.2) is 19.9 Å². The van der Waals surface area contributed by atoms with Gasteiger partial charge in [0, 0.05) is 17.5 Å². The number of aryl methyl sites for hydroxylation is 1. The third-order valence-corrected chi connectivity index (χ3v) is 5.93. The van der Waals surface area contributed by atoms with Crippen molar-refractivity contribution in [2.75, 3.05) is 13.7 Å². The van der Waals surface area contributed by atoms with Gasteiger partial charge < -0.3 is 9.47 Å². The van der Waals surface area contributed by atoms with Gasteiger partial charge in [-0.15, -0.1) is 0 Å². The first-order valence-electron chi connectivity index (χ1n) is 11.3. The van der Waals surface area contributed by atoms with E-state index in [4.69, 9.17) is 9.47 Å². The van der Waals surface area contributed by atoms with Crippen molar-refractivity contribution in [3.05, 3.63) is 107 Å². The molecule has 0 saturated carbocycles. The SMILES string of the molecule is COc1ccc(-c2ccc(OCC(F)Cc3ccc(-c4ccc(C)c(F)c4F)cc3)c(F)c2)c(F)c1F. The average Bonchev–Trinajstić information content (AvgIpc) is 2.89. The number of methoxy groups -OCH3 is 1. The summed E-state index contributed by atoms with van der Waals surface area (Å²) in [7, 11) is 1.20. The smallest absolute Gasteiger partial charge is 0.201 e. The highest BCUT2D eigenvalue weighted by atomic mass is 19.2. The summed E-state index contributed by atoms with van der Waals surface area (Å²) in [5, 5.41) is 0. The van der Waals surface area contributed by atoms with Gasteiger partial charge in [0.05, 0.1) is 7.11 Å². The highest BCUT2D eigenvalue weighted by Crippen LogP contribution is 2.32. The lowest BCUT2D eigenvalue weighted by atomic mass is 10.00. The summed E-state index contributed by atoms with van der Waals surface area (Å²) in [6, 6.07) is 15.3. The first-order valence-corrected chi connectivity index (χ1v) is 11.3. The van der Waals surface area contributed by atoms with Crippen molar-refractivity contribution < 1.29 is 35.8 Å². The van der Waals surface area contributed by atoms with Crippen molar-refractivity contribution in [1.82, 2.24) is 0 Å². The topological polar surface area (TPSA) is 18.5 Å². The highest BCUT2D eigenvalue weighted by molar-refractivity contribution is 5.66. The molecule has 0 amide bonds. The fraction of sp³-hybridized carbons (Fsp3) is 0.172. The van der Waals surface area contributed by atoms with Gasteiger partial charge in [-0.1, -0.05) is 42.5 Å². The Morgan fingerprint density at radius 1 is 0.676 bits per heavy atom. The molecule has 192 valence electrons. The number of rotatable bonds is 8. The van der Waals surface area contributed by atoms with E-state index in [0.29, 0.717) is 11.1 Å². The van der Waals surface area contributed by atoms with Crippen LogP contribution in [0.1, 0.15) is 11.1 Å². The minimum absolute atomic E-state index is 0.0545. The second kappa shape index (κ2) is 11.0. The molecule has 0 aliphatic rings. The van der Waals surface area contributed by atoms with Gasteiger partial charge in [0.15, 0.2) is 34.8 Å². The Hall–Kier alpha value is -3.94. The van der Waals surface area contributed by atoms with Crippen molar-refractivity contribution in [2.45, 2.75) is 19.5 Å². The van der Waals surface area contributed by atoms with E-state index in [1.54, 1.807) is 24.3 Å². The molecule has 0 saturated heterocycles. The molecule has 0 aromatic heterocycles. The summed E-state index contributed by atoms with van der Waals surface area (Å²) in [6.45, 7) is 1.01. The fourth-order valence-corrected chi connectivity index (χ4v) is 3.88. The van der Waals surface area contributed by atoms with Crippen LogP contribution < -0.4 is 9.47 Å². The molecule has 0 bridgehead atoms. The summed E-state index contributed by atoms with van der Waals surface area (Å²) in [5.41, 5.74) is 1.24. The van der Waals surface area contributed by atoms with Crippen LogP contribution >= 0.6 is 0 Å². The van der Waals surface area contributed by atoms with Gasteiger partial charge >= 0.3 is 0 Å². The van der Waals surface area contributed by atoms with E-state index >= 15 is 0 Å². The van der Waals surface area contributed by atoms with Gasteiger partial charge in [-0.25, -0.2) is 22.0 Å². The predicted octanol–water partition coefficient (Wildman–Crippen LogP) is 7.99. The van der Waals surface area contributed by atoms with Crippen LogP contribution in [0.25, 0.3) is 22.3 Å². The molecule has 4 aromatic rings. The summed E-state index contributed by atoms with van der Waals surface area (Å²) >= 11 is 0. The summed E-state index contributed by atoms with van der Waals surface area (Å²) in [4.78, 5) is 0. The van der Waals surface area contributed by atoms with Crippen LogP contribution in [0.5, 0.6) is 11.5 Å². The van der Waals surface area contributed by atoms with Crippen LogP contribution in [0.4, 0.5) is 26.3 Å². The van der Waals surface area contributed by atoms with Gasteiger partial charge in [-0.2, -0.15) is 4.39 Å². The molecular weight excluding hydrogens is 494 g/mol. The summed E-state index contributed by atoms with van der Waals surface area (Å²) < 4.78 is 95.4. The number of benzene rings is 4. The molecule has 2 nitrogen and oxygen atoms in total. The first-order chi connectivity index (χ1) is 17.7. The molecule has 4 rings (SSSR count). The van der Waals surface area contributed by atoms with Crippen molar-refractivity contribution in [2.24, 2.45) is 0 Å². The standard InChI is InChI=1S/C29H22F6O2/c1-16-3-9-21(27(33)26(16)32)18-6-4-17(5-7-18)13-20(30)15-37-24-11-8-19(14-23(24)31)22-10-12-25(36-2)29(35)28(22)34/h3-12,14,20H,13,15H2,1-2H3. The molecular formula is C29H22F6O2. The van der Waals surface area contributed by atoms with E-state index in [1.165, 1.54) is 50.4 Å². The maximum Gasteiger partial charge on any atom is 0.201 e. The lowest BCUT2D eigenvalue weighted by molar-refractivity contribution is 0.190. The molecule has 1 unspecified atom stereocenters. The second-order valence-electron chi connectivity index (χ2n) is 8.46. The molecule has 8 heteroatoms. The van der Waals surface area contributed by atoms with E-state index < -0.39 is 41.9 Å². The number of alkyl halides is 1. The maximum absolute atomic E-state index is 14.5. The van der Waals surface area contributed by atoms with Crippen LogP contribution in [0.3, 0.4) is 0 Å². The van der Waals surface area contributed by atoms with Gasteiger partial charge in [0.1, 0.15) is 12.8 Å². The van der Waals surface area contributed by atoms with Crippen LogP contribution in [0.2, 0.25) is 0 Å². The monoisotopic (exact) mass is 516 g/mol. The van der Waals surface area contributed by atoms with Gasteiger partial charge in [0.25, 0.3) is 0 Å². The zero-order valence-corrected chi connectivity index (χ0v) is 19.9. The second-order valence-corrected chi connectivity index (χ2v) is 8.46. The van der Waals surface area contributed by atoms with Crippen molar-refractivity contribution in [3.63, 3.8) is 0 Å². The molecule has 37 heavy (non-hydrogen) atoms. The zero-order valence-electron chi connectivity index (χ0n) is 19.9. The molecule has 0 N–H and O–H groups in total. The number of hydrogen-bond acceptors (Lipinski definition) is 2. The lowest BCUT2D eigenvalue weighted by Crippen LogP contribution is -2.16. The normalized spacial score (nSPS) is 11.9. The summed E-state index contributed by atoms with van der Waals surface area (Å²) in [5.74, 6) is -5.61. The van der Waals surface area contributed by atoms with E-state index in [-0.39, 0.29) is 40.2 Å². The van der Waals surface area contributed by atoms with E-state index in [9.17, 15) is 26.3 Å². The molecule has 0 fully saturated rings. The molecule has 0 heterocycles. The quantitative estimate of drug-likeness (QED) is 0.221. The van der Waals surface area contributed by atoms with Gasteiger partial charge in [-0.3, -0.25) is 0 Å². The Morgan fingerprint density at radius 2 is 1.27 bits per heavy atom. The van der Waals surface area contributed by atoms with Gasteiger partial charge in [0.2, 0.25) is 5.82 Å². The van der Waals surface area contributed by atoms with Gasteiger partial charge in [-0.05, 0) is 53.4 Å². The number of hydrogen-bond donors (Lipinski definition) is 0. The Kier molecular flexibility index (Phi) is 7.76. The maximum atomic E-state index is 14.5. The predicted molar refractivity (Wildman–Crippen MR) is 129 cm³/mol. The van der Waals surface area contributed by atoms with E-state index in [1.807, 2.05) is 0 Å². The zero-order chi connectivity index (χ0) is 26.7. The van der Waals surface area contributed by atoms with Crippen molar-refractivity contribution in [3.8, 4) is 33.8 Å². The first kappa shape index (κ1) is 26.1. The number of ether oxygens (including phenoxy) is 2. The molecule has 4 aromatic carbocycles. The minimum Gasteiger partial charge on any atom is -0.494 e. The Labute approximate surface area is 210 Å². The minimum atomic E-state index is -1.49. The van der Waals surface area contributed by atoms with Crippen LogP contribution in [0.15, 0.2) is 66.7 Å². The van der Waals surface area contributed by atoms with E-state index in [2.05, 4.69) is 0 Å². The van der Waals surface area contributed by atoms with Crippen molar-refractivity contribution in [1.29, 1.82) is 0 Å². The fourth-order valence-electron chi connectivity index (χ4n) is 3.88. The largest absolute Gasteiger partial charge is 0.494 e. The van der Waals surface area contributed by atoms with E-state index in [0.717, 1.165) is 6.07 Å². The summed E-state index contributed by atoms with van der Waals surface area (Å²) in [6.07, 6.45) is -1.55. The average molecular weight is 516 g/mol. The molecule has 1 atom stereocenters. The third kappa shape index (κ3) is 5.58. The Morgan fingerprint density at radius 3 is 1.95 bits per heavy atom. The van der Waals surface area contributed by atoms with Crippen LogP contribution in [0, 0.1) is 36.0 Å². The molecule has 0 spiro atoms. The molecule has 0 aliphatic carbocycles. The third-order valence-electron chi connectivity index (χ3n) is 5.93. The highest BCUT2D eigenvalue weighted by Gasteiger charge is 2.18. The lowest BCUT2D eigenvalue weighted by Gasteiger charge is -2.13. The Bertz CT molecular complexity index is 1420. The molecule has 0 radical (unpaired) electrons. The van der Waals surface area contributed by atoms with Crippen LogP contribution in [-0.2, 0) is 6.42 Å². The molecule has 0 aliphatic heterocycles. The Balaban J connectivity index is 1.39. The van der Waals surface area contributed by atoms with Crippen molar-refractivity contribution >= 4 is 0 Å².